The van der Waals surface area contributed by atoms with Crippen LogP contribution in [-0.2, 0) is 16.4 Å². The van der Waals surface area contributed by atoms with E-state index in [0.29, 0.717) is 12.1 Å². The Balaban J connectivity index is 2.53. The second kappa shape index (κ2) is 7.38. The van der Waals surface area contributed by atoms with E-state index in [1.165, 1.54) is 0 Å². The fourth-order valence-electron chi connectivity index (χ4n) is 1.68. The van der Waals surface area contributed by atoms with Gasteiger partial charge in [-0.3, -0.25) is 4.72 Å². The van der Waals surface area contributed by atoms with Crippen LogP contribution >= 0.6 is 0 Å². The van der Waals surface area contributed by atoms with Crippen molar-refractivity contribution in [2.75, 3.05) is 24.1 Å². The summed E-state index contributed by atoms with van der Waals surface area (Å²) >= 11 is 0. The molecule has 0 aliphatic carbocycles. The van der Waals surface area contributed by atoms with E-state index in [2.05, 4.69) is 10.0 Å². The van der Waals surface area contributed by atoms with E-state index in [0.717, 1.165) is 24.9 Å². The number of hydrogen-bond acceptors (Lipinski definition) is 3. The molecule has 4 nitrogen and oxygen atoms in total. The van der Waals surface area contributed by atoms with Crippen molar-refractivity contribution in [2.24, 2.45) is 0 Å². The lowest BCUT2D eigenvalue weighted by Gasteiger charge is -2.09. The number of unbranched alkanes of at least 4 members (excludes halogenated alkanes) is 1. The normalized spacial score (nSPS) is 11.4. The molecule has 1 rings (SSSR count). The van der Waals surface area contributed by atoms with Crippen molar-refractivity contribution in [2.45, 2.75) is 26.2 Å². The lowest BCUT2D eigenvalue weighted by Crippen LogP contribution is -2.18. The molecule has 0 heterocycles. The van der Waals surface area contributed by atoms with Gasteiger partial charge in [-0.2, -0.15) is 0 Å². The van der Waals surface area contributed by atoms with Gasteiger partial charge >= 0.3 is 0 Å². The van der Waals surface area contributed by atoms with E-state index < -0.39 is 10.0 Å². The Kier molecular flexibility index (Phi) is 6.15. The fraction of sp³-hybridized carbons (Fsp3) is 0.538. The number of sulfonamides is 1. The van der Waals surface area contributed by atoms with Gasteiger partial charge in [0, 0.05) is 5.69 Å². The molecule has 0 spiro atoms. The van der Waals surface area contributed by atoms with Crippen molar-refractivity contribution in [1.82, 2.24) is 5.32 Å². The van der Waals surface area contributed by atoms with E-state index >= 15 is 0 Å². The number of nitrogens with one attached hydrogen (secondary N) is 2. The molecule has 0 aliphatic heterocycles. The van der Waals surface area contributed by atoms with Gasteiger partial charge < -0.3 is 5.32 Å². The molecule has 0 radical (unpaired) electrons. The summed E-state index contributed by atoms with van der Waals surface area (Å²) in [6.45, 7) is 2.90. The highest BCUT2D eigenvalue weighted by Crippen LogP contribution is 2.13. The van der Waals surface area contributed by atoms with Crippen molar-refractivity contribution in [3.05, 3.63) is 29.8 Å². The predicted octanol–water partition coefficient (Wildman–Crippen LogP) is 1.99. The summed E-state index contributed by atoms with van der Waals surface area (Å²) in [5, 5.41) is 3.00. The van der Waals surface area contributed by atoms with Gasteiger partial charge in [-0.25, -0.2) is 8.42 Å². The van der Waals surface area contributed by atoms with Crippen molar-refractivity contribution in [3.63, 3.8) is 0 Å². The highest BCUT2D eigenvalue weighted by atomic mass is 32.2. The zero-order valence-electron chi connectivity index (χ0n) is 11.1. The summed E-state index contributed by atoms with van der Waals surface area (Å²) in [5.41, 5.74) is 1.79. The van der Waals surface area contributed by atoms with Crippen LogP contribution in [0.5, 0.6) is 0 Å². The van der Waals surface area contributed by atoms with Crippen LogP contribution in [0.3, 0.4) is 0 Å². The molecule has 18 heavy (non-hydrogen) atoms. The van der Waals surface area contributed by atoms with Crippen LogP contribution in [0.2, 0.25) is 0 Å². The van der Waals surface area contributed by atoms with E-state index in [-0.39, 0.29) is 5.75 Å². The maximum atomic E-state index is 11.8. The van der Waals surface area contributed by atoms with E-state index in [1.54, 1.807) is 6.07 Å². The first-order chi connectivity index (χ1) is 8.57. The van der Waals surface area contributed by atoms with Gasteiger partial charge in [0.05, 0.1) is 5.75 Å². The summed E-state index contributed by atoms with van der Waals surface area (Å²) in [5.74, 6) is 0.172. The third-order valence-electron chi connectivity index (χ3n) is 2.70. The molecule has 5 heteroatoms. The van der Waals surface area contributed by atoms with Gasteiger partial charge in [0.2, 0.25) is 10.0 Å². The molecule has 0 saturated heterocycles. The first kappa shape index (κ1) is 15.0. The van der Waals surface area contributed by atoms with Gasteiger partial charge in [-0.15, -0.1) is 0 Å². The molecule has 0 unspecified atom stereocenters. The van der Waals surface area contributed by atoms with Crippen LogP contribution in [0.1, 0.15) is 25.3 Å². The lowest BCUT2D eigenvalue weighted by atomic mass is 10.1. The monoisotopic (exact) mass is 270 g/mol. The Bertz CT molecular complexity index is 458. The SMILES string of the molecule is CCc1cccc(NS(=O)(=O)CCCCNC)c1. The van der Waals surface area contributed by atoms with Crippen LogP contribution < -0.4 is 10.0 Å². The molecule has 0 bridgehead atoms. The molecule has 2 N–H and O–H groups in total. The molecule has 1 aromatic carbocycles. The summed E-state index contributed by atoms with van der Waals surface area (Å²) < 4.78 is 26.3. The first-order valence-corrected chi connectivity index (χ1v) is 7.96. The van der Waals surface area contributed by atoms with E-state index in [9.17, 15) is 8.42 Å². The number of anilines is 1. The van der Waals surface area contributed by atoms with Crippen molar-refractivity contribution in [1.29, 1.82) is 0 Å². The van der Waals surface area contributed by atoms with Gasteiger partial charge in [-0.1, -0.05) is 19.1 Å². The number of rotatable bonds is 8. The van der Waals surface area contributed by atoms with Crippen molar-refractivity contribution < 1.29 is 8.42 Å². The number of hydrogen-bond donors (Lipinski definition) is 2. The smallest absolute Gasteiger partial charge is 0.232 e. The van der Waals surface area contributed by atoms with Crippen LogP contribution in [0.25, 0.3) is 0 Å². The van der Waals surface area contributed by atoms with Crippen LogP contribution in [0.4, 0.5) is 5.69 Å². The second-order valence-electron chi connectivity index (χ2n) is 4.29. The molecule has 1 aromatic rings. The van der Waals surface area contributed by atoms with E-state index in [1.807, 2.05) is 32.2 Å². The maximum absolute atomic E-state index is 11.8. The zero-order valence-corrected chi connectivity index (χ0v) is 11.9. The first-order valence-electron chi connectivity index (χ1n) is 6.31. The third-order valence-corrected chi connectivity index (χ3v) is 4.07. The minimum atomic E-state index is -3.22. The number of aryl methyl sites for hydroxylation is 1. The standard InChI is InChI=1S/C13H22N2O2S/c1-3-12-7-6-8-13(11-12)15-18(16,17)10-5-4-9-14-2/h6-8,11,14-15H,3-5,9-10H2,1-2H3. The van der Waals surface area contributed by atoms with Gasteiger partial charge in [-0.05, 0) is 50.6 Å². The van der Waals surface area contributed by atoms with Crippen LogP contribution in [0, 0.1) is 0 Å². The van der Waals surface area contributed by atoms with E-state index in [4.69, 9.17) is 0 Å². The summed E-state index contributed by atoms with van der Waals surface area (Å²) in [7, 11) is -1.35. The molecular formula is C13H22N2O2S. The second-order valence-corrected chi connectivity index (χ2v) is 6.13. The average molecular weight is 270 g/mol. The Morgan fingerprint density at radius 3 is 2.67 bits per heavy atom. The maximum Gasteiger partial charge on any atom is 0.232 e. The molecular weight excluding hydrogens is 248 g/mol. The predicted molar refractivity (Wildman–Crippen MR) is 76.4 cm³/mol. The average Bonchev–Trinajstić information content (AvgIpc) is 2.34. The molecule has 0 saturated carbocycles. The fourth-order valence-corrected chi connectivity index (χ4v) is 2.85. The van der Waals surface area contributed by atoms with Gasteiger partial charge in [0.15, 0.2) is 0 Å². The number of benzene rings is 1. The van der Waals surface area contributed by atoms with Gasteiger partial charge in [0.1, 0.15) is 0 Å². The summed E-state index contributed by atoms with van der Waals surface area (Å²) in [6.07, 6.45) is 2.44. The molecule has 0 aromatic heterocycles. The Hall–Kier alpha value is -1.07. The van der Waals surface area contributed by atoms with Crippen molar-refractivity contribution >= 4 is 15.7 Å². The molecule has 0 amide bonds. The largest absolute Gasteiger partial charge is 0.320 e. The Morgan fingerprint density at radius 2 is 2.00 bits per heavy atom. The Morgan fingerprint density at radius 1 is 1.22 bits per heavy atom. The third kappa shape index (κ3) is 5.51. The van der Waals surface area contributed by atoms with Gasteiger partial charge in [0.25, 0.3) is 0 Å². The molecule has 0 aliphatic rings. The summed E-state index contributed by atoms with van der Waals surface area (Å²) in [6, 6.07) is 7.53. The zero-order chi connectivity index (χ0) is 13.4. The Labute approximate surface area is 110 Å². The molecule has 102 valence electrons. The van der Waals surface area contributed by atoms with Crippen LogP contribution in [0.15, 0.2) is 24.3 Å². The lowest BCUT2D eigenvalue weighted by molar-refractivity contribution is 0.595. The molecule has 0 atom stereocenters. The quantitative estimate of drug-likeness (QED) is 0.710. The highest BCUT2D eigenvalue weighted by molar-refractivity contribution is 7.92. The topological polar surface area (TPSA) is 58.2 Å². The highest BCUT2D eigenvalue weighted by Gasteiger charge is 2.09. The van der Waals surface area contributed by atoms with Crippen molar-refractivity contribution in [3.8, 4) is 0 Å². The minimum Gasteiger partial charge on any atom is -0.320 e. The minimum absolute atomic E-state index is 0.172. The van der Waals surface area contributed by atoms with Crippen LogP contribution in [-0.4, -0.2) is 27.8 Å². The summed E-state index contributed by atoms with van der Waals surface area (Å²) in [4.78, 5) is 0. The molecule has 0 fully saturated rings.